The lowest BCUT2D eigenvalue weighted by molar-refractivity contribution is 0.0878. The molecular formula is C12H27NO3S. The fraction of sp³-hybridized carbons (Fsp3) is 1.00. The lowest BCUT2D eigenvalue weighted by atomic mass is 9.99. The molecule has 0 aromatic carbocycles. The van der Waals surface area contributed by atoms with Gasteiger partial charge in [0.2, 0.25) is 10.0 Å². The van der Waals surface area contributed by atoms with Gasteiger partial charge >= 0.3 is 0 Å². The molecule has 0 saturated carbocycles. The molecule has 0 saturated heterocycles. The van der Waals surface area contributed by atoms with E-state index in [2.05, 4.69) is 6.92 Å². The fourth-order valence-electron chi connectivity index (χ4n) is 1.60. The quantitative estimate of drug-likeness (QED) is 0.615. The molecule has 0 aliphatic rings. The second kappa shape index (κ2) is 8.89. The molecule has 0 aliphatic carbocycles. The van der Waals surface area contributed by atoms with Crippen LogP contribution in [0.5, 0.6) is 0 Å². The molecule has 0 radical (unpaired) electrons. The Hall–Kier alpha value is -0.130. The Labute approximate surface area is 106 Å². The molecule has 0 bridgehead atoms. The van der Waals surface area contributed by atoms with Crippen molar-refractivity contribution in [3.05, 3.63) is 0 Å². The van der Waals surface area contributed by atoms with Gasteiger partial charge in [-0.1, -0.05) is 40.0 Å². The average Bonchev–Trinajstić information content (AvgIpc) is 2.19. The van der Waals surface area contributed by atoms with Crippen LogP contribution < -0.4 is 5.14 Å². The van der Waals surface area contributed by atoms with Gasteiger partial charge in [-0.3, -0.25) is 0 Å². The lowest BCUT2D eigenvalue weighted by Crippen LogP contribution is -2.29. The summed E-state index contributed by atoms with van der Waals surface area (Å²) in [6.07, 6.45) is 4.67. The van der Waals surface area contributed by atoms with Crippen molar-refractivity contribution in [2.24, 2.45) is 17.0 Å². The smallest absolute Gasteiger partial charge is 0.209 e. The van der Waals surface area contributed by atoms with Crippen LogP contribution in [0.4, 0.5) is 0 Å². The maximum absolute atomic E-state index is 11.0. The van der Waals surface area contributed by atoms with Gasteiger partial charge in [-0.25, -0.2) is 13.6 Å². The van der Waals surface area contributed by atoms with E-state index in [1.54, 1.807) is 0 Å². The Morgan fingerprint density at radius 2 is 1.82 bits per heavy atom. The summed E-state index contributed by atoms with van der Waals surface area (Å²) in [7, 11) is -3.40. The lowest BCUT2D eigenvalue weighted by Gasteiger charge is -2.19. The van der Waals surface area contributed by atoms with E-state index < -0.39 is 10.0 Å². The minimum absolute atomic E-state index is 0.00354. The zero-order valence-corrected chi connectivity index (χ0v) is 12.1. The van der Waals surface area contributed by atoms with Crippen molar-refractivity contribution >= 4 is 10.0 Å². The zero-order valence-electron chi connectivity index (χ0n) is 11.3. The van der Waals surface area contributed by atoms with Crippen LogP contribution in [-0.2, 0) is 14.8 Å². The molecule has 5 heteroatoms. The molecule has 0 rings (SSSR count). The normalized spacial score (nSPS) is 14.2. The monoisotopic (exact) mass is 265 g/mol. The van der Waals surface area contributed by atoms with Crippen LogP contribution in [0.3, 0.4) is 0 Å². The number of hydrogen-bond donors (Lipinski definition) is 1. The number of nitrogens with two attached hydrogens (primary N) is 1. The van der Waals surface area contributed by atoms with Crippen LogP contribution in [-0.4, -0.2) is 27.4 Å². The van der Waals surface area contributed by atoms with E-state index in [0.717, 1.165) is 6.42 Å². The number of rotatable bonds is 10. The Kier molecular flexibility index (Phi) is 8.82. The topological polar surface area (TPSA) is 69.4 Å². The molecule has 0 heterocycles. The van der Waals surface area contributed by atoms with Crippen molar-refractivity contribution in [1.29, 1.82) is 0 Å². The predicted octanol–water partition coefficient (Wildman–Crippen LogP) is 2.14. The summed E-state index contributed by atoms with van der Waals surface area (Å²) in [4.78, 5) is 0. The molecule has 104 valence electrons. The van der Waals surface area contributed by atoms with Crippen molar-refractivity contribution < 1.29 is 13.2 Å². The number of hydrogen-bond acceptors (Lipinski definition) is 3. The minimum Gasteiger partial charge on any atom is -0.381 e. The van der Waals surface area contributed by atoms with Crippen molar-refractivity contribution in [3.8, 4) is 0 Å². The van der Waals surface area contributed by atoms with Gasteiger partial charge in [0.25, 0.3) is 0 Å². The van der Waals surface area contributed by atoms with E-state index in [9.17, 15) is 8.42 Å². The second-order valence-electron chi connectivity index (χ2n) is 4.97. The fourth-order valence-corrected chi connectivity index (χ4v) is 2.67. The first-order valence-electron chi connectivity index (χ1n) is 6.45. The molecule has 2 N–H and O–H groups in total. The summed E-state index contributed by atoms with van der Waals surface area (Å²) in [5.41, 5.74) is 0. The van der Waals surface area contributed by atoms with Gasteiger partial charge in [0.15, 0.2) is 0 Å². The molecule has 1 atom stereocenters. The molecule has 17 heavy (non-hydrogen) atoms. The van der Waals surface area contributed by atoms with Crippen LogP contribution in [0.2, 0.25) is 0 Å². The standard InChI is InChI=1S/C12H27NO3S/c1-4-5-6-7-8-16-9-12(11(2)3)10-17(13,14)15/h11-12H,4-10H2,1-3H3,(H2,13,14,15). The largest absolute Gasteiger partial charge is 0.381 e. The van der Waals surface area contributed by atoms with E-state index in [0.29, 0.717) is 13.2 Å². The third-order valence-corrected chi connectivity index (χ3v) is 3.76. The highest BCUT2D eigenvalue weighted by Crippen LogP contribution is 2.13. The van der Waals surface area contributed by atoms with Crippen molar-refractivity contribution in [1.82, 2.24) is 0 Å². The zero-order chi connectivity index (χ0) is 13.3. The maximum Gasteiger partial charge on any atom is 0.209 e. The Morgan fingerprint density at radius 1 is 1.18 bits per heavy atom. The van der Waals surface area contributed by atoms with Gasteiger partial charge in [0.05, 0.1) is 12.4 Å². The van der Waals surface area contributed by atoms with Crippen LogP contribution >= 0.6 is 0 Å². The first-order valence-corrected chi connectivity index (χ1v) is 8.16. The van der Waals surface area contributed by atoms with Crippen molar-refractivity contribution in [3.63, 3.8) is 0 Å². The van der Waals surface area contributed by atoms with Gasteiger partial charge in [-0.15, -0.1) is 0 Å². The number of primary sulfonamides is 1. The van der Waals surface area contributed by atoms with Crippen LogP contribution in [0.1, 0.15) is 46.5 Å². The summed E-state index contributed by atoms with van der Waals surface area (Å²) in [5.74, 6) is 0.278. The third kappa shape index (κ3) is 10.7. The third-order valence-electron chi connectivity index (χ3n) is 2.86. The highest BCUT2D eigenvalue weighted by molar-refractivity contribution is 7.89. The van der Waals surface area contributed by atoms with Crippen LogP contribution in [0.15, 0.2) is 0 Å². The summed E-state index contributed by atoms with van der Waals surface area (Å²) in [6, 6.07) is 0. The van der Waals surface area contributed by atoms with Crippen LogP contribution in [0.25, 0.3) is 0 Å². The highest BCUT2D eigenvalue weighted by Gasteiger charge is 2.19. The van der Waals surface area contributed by atoms with E-state index in [1.807, 2.05) is 13.8 Å². The Balaban J connectivity index is 3.79. The predicted molar refractivity (Wildman–Crippen MR) is 71.3 cm³/mol. The molecular weight excluding hydrogens is 238 g/mol. The first-order chi connectivity index (χ1) is 7.87. The summed E-state index contributed by atoms with van der Waals surface area (Å²) >= 11 is 0. The Morgan fingerprint density at radius 3 is 2.29 bits per heavy atom. The van der Waals surface area contributed by atoms with Gasteiger partial charge < -0.3 is 4.74 Å². The molecule has 1 unspecified atom stereocenters. The van der Waals surface area contributed by atoms with Gasteiger partial charge in [-0.05, 0) is 18.3 Å². The van der Waals surface area contributed by atoms with E-state index in [4.69, 9.17) is 9.88 Å². The van der Waals surface area contributed by atoms with E-state index >= 15 is 0 Å². The average molecular weight is 265 g/mol. The molecule has 0 amide bonds. The number of sulfonamides is 1. The van der Waals surface area contributed by atoms with Crippen LogP contribution in [0, 0.1) is 11.8 Å². The number of ether oxygens (including phenoxy) is 1. The Bertz CT molecular complexity index is 275. The minimum atomic E-state index is -3.40. The second-order valence-corrected chi connectivity index (χ2v) is 6.63. The summed E-state index contributed by atoms with van der Waals surface area (Å²) < 4.78 is 27.6. The number of unbranched alkanes of at least 4 members (excludes halogenated alkanes) is 3. The van der Waals surface area contributed by atoms with E-state index in [-0.39, 0.29) is 17.6 Å². The molecule has 4 nitrogen and oxygen atoms in total. The summed E-state index contributed by atoms with van der Waals surface area (Å²) in [5, 5.41) is 5.06. The van der Waals surface area contributed by atoms with Gasteiger partial charge in [0.1, 0.15) is 0 Å². The highest BCUT2D eigenvalue weighted by atomic mass is 32.2. The molecule has 0 aromatic rings. The van der Waals surface area contributed by atoms with Crippen molar-refractivity contribution in [2.75, 3.05) is 19.0 Å². The van der Waals surface area contributed by atoms with Crippen molar-refractivity contribution in [2.45, 2.75) is 46.5 Å². The summed E-state index contributed by atoms with van der Waals surface area (Å²) in [6.45, 7) is 7.36. The SMILES string of the molecule is CCCCCCOCC(CS(N)(=O)=O)C(C)C. The van der Waals surface area contributed by atoms with E-state index in [1.165, 1.54) is 19.3 Å². The van der Waals surface area contributed by atoms with Gasteiger partial charge in [0, 0.05) is 6.61 Å². The maximum atomic E-state index is 11.0. The molecule has 0 aliphatic heterocycles. The molecule has 0 fully saturated rings. The molecule has 0 aromatic heterocycles. The first kappa shape index (κ1) is 16.9. The molecule has 0 spiro atoms. The van der Waals surface area contributed by atoms with Gasteiger partial charge in [-0.2, -0.15) is 0 Å².